The lowest BCUT2D eigenvalue weighted by molar-refractivity contribution is -0.127. The molecule has 0 spiro atoms. The second-order valence-electron chi connectivity index (χ2n) is 8.12. The van der Waals surface area contributed by atoms with Crippen LogP contribution in [0.25, 0.3) is 11.0 Å². The molecule has 136 valence electrons. The molecule has 0 fully saturated rings. The van der Waals surface area contributed by atoms with Gasteiger partial charge in [0, 0.05) is 16.9 Å². The molecule has 1 aromatic carbocycles. The summed E-state index contributed by atoms with van der Waals surface area (Å²) in [6, 6.07) is 5.41. The van der Waals surface area contributed by atoms with Gasteiger partial charge in [-0.15, -0.1) is 0 Å². The third-order valence-electron chi connectivity index (χ3n) is 4.80. The predicted octanol–water partition coefficient (Wildman–Crippen LogP) is 3.71. The van der Waals surface area contributed by atoms with E-state index in [9.17, 15) is 9.59 Å². The van der Waals surface area contributed by atoms with Gasteiger partial charge >= 0.3 is 0 Å². The Morgan fingerprint density at radius 1 is 1.20 bits per heavy atom. The van der Waals surface area contributed by atoms with E-state index in [1.807, 2.05) is 53.7 Å². The van der Waals surface area contributed by atoms with Gasteiger partial charge in [-0.05, 0) is 18.6 Å². The van der Waals surface area contributed by atoms with Crippen LogP contribution in [0, 0.1) is 5.41 Å². The summed E-state index contributed by atoms with van der Waals surface area (Å²) >= 11 is 0. The molecule has 0 saturated carbocycles. The summed E-state index contributed by atoms with van der Waals surface area (Å²) in [5.41, 5.74) is 0.678. The monoisotopic (exact) mass is 344 g/mol. The molecular formula is C20H28N2O3. The van der Waals surface area contributed by atoms with Gasteiger partial charge in [-0.1, -0.05) is 41.5 Å². The van der Waals surface area contributed by atoms with Crippen molar-refractivity contribution in [2.24, 2.45) is 5.41 Å². The Balaban J connectivity index is 2.75. The molecule has 1 aromatic heterocycles. The standard InChI is InChI=1S/C20H28N2O3/c1-8-20(5,6)16(23)12-22-15-11-13(25-7)9-10-14(15)21-17(18(22)24)19(2,3)4/h9-11H,8,12H2,1-7H3. The van der Waals surface area contributed by atoms with E-state index in [-0.39, 0.29) is 17.9 Å². The minimum absolute atomic E-state index is 0.0345. The Morgan fingerprint density at radius 3 is 2.36 bits per heavy atom. The normalized spacial score (nSPS) is 12.4. The lowest BCUT2D eigenvalue weighted by Crippen LogP contribution is -2.37. The van der Waals surface area contributed by atoms with Crippen LogP contribution in [0.5, 0.6) is 5.75 Å². The molecule has 0 atom stereocenters. The van der Waals surface area contributed by atoms with Crippen molar-refractivity contribution < 1.29 is 9.53 Å². The fraction of sp³-hybridized carbons (Fsp3) is 0.550. The summed E-state index contributed by atoms with van der Waals surface area (Å²) in [4.78, 5) is 30.4. The van der Waals surface area contributed by atoms with E-state index in [1.165, 1.54) is 0 Å². The molecule has 2 aromatic rings. The number of rotatable bonds is 5. The zero-order chi connectivity index (χ0) is 19.0. The molecule has 2 rings (SSSR count). The Morgan fingerprint density at radius 2 is 1.84 bits per heavy atom. The van der Waals surface area contributed by atoms with Crippen LogP contribution in [0.3, 0.4) is 0 Å². The highest BCUT2D eigenvalue weighted by Gasteiger charge is 2.28. The highest BCUT2D eigenvalue weighted by Crippen LogP contribution is 2.25. The average molecular weight is 344 g/mol. The number of benzene rings is 1. The number of fused-ring (bicyclic) bond motifs is 1. The van der Waals surface area contributed by atoms with Crippen LogP contribution in [0.15, 0.2) is 23.0 Å². The molecular weight excluding hydrogens is 316 g/mol. The molecule has 5 heteroatoms. The molecule has 25 heavy (non-hydrogen) atoms. The SMILES string of the molecule is CCC(C)(C)C(=O)Cn1c(=O)c(C(C)(C)C)nc2ccc(OC)cc21. The van der Waals surface area contributed by atoms with E-state index in [0.717, 1.165) is 6.42 Å². The number of Topliss-reactive ketones (excluding diaryl/α,β-unsaturated/α-hetero) is 1. The molecule has 0 amide bonds. The molecule has 1 heterocycles. The quantitative estimate of drug-likeness (QED) is 0.829. The van der Waals surface area contributed by atoms with Crippen molar-refractivity contribution >= 4 is 16.8 Å². The highest BCUT2D eigenvalue weighted by atomic mass is 16.5. The Bertz CT molecular complexity index is 858. The number of nitrogens with zero attached hydrogens (tertiary/aromatic N) is 2. The van der Waals surface area contributed by atoms with Crippen LogP contribution in [0.4, 0.5) is 0 Å². The number of ketones is 1. The number of ether oxygens (including phenoxy) is 1. The number of carbonyl (C=O) groups excluding carboxylic acids is 1. The largest absolute Gasteiger partial charge is 0.497 e. The van der Waals surface area contributed by atoms with Crippen molar-refractivity contribution in [1.29, 1.82) is 0 Å². The zero-order valence-corrected chi connectivity index (χ0v) is 16.3. The van der Waals surface area contributed by atoms with E-state index in [1.54, 1.807) is 17.7 Å². The number of carbonyl (C=O) groups is 1. The maximum atomic E-state index is 13.1. The number of hydrogen-bond donors (Lipinski definition) is 0. The van der Waals surface area contributed by atoms with Gasteiger partial charge in [0.25, 0.3) is 5.56 Å². The molecule has 0 bridgehead atoms. The molecule has 0 saturated heterocycles. The summed E-state index contributed by atoms with van der Waals surface area (Å²) in [6.07, 6.45) is 0.721. The molecule has 0 radical (unpaired) electrons. The van der Waals surface area contributed by atoms with Gasteiger partial charge in [-0.2, -0.15) is 0 Å². The fourth-order valence-electron chi connectivity index (χ4n) is 2.55. The topological polar surface area (TPSA) is 61.2 Å². The second-order valence-corrected chi connectivity index (χ2v) is 8.12. The maximum Gasteiger partial charge on any atom is 0.273 e. The fourth-order valence-corrected chi connectivity index (χ4v) is 2.55. The van der Waals surface area contributed by atoms with Crippen LogP contribution in [0.2, 0.25) is 0 Å². The Hall–Kier alpha value is -2.17. The third kappa shape index (κ3) is 3.75. The van der Waals surface area contributed by atoms with Gasteiger partial charge < -0.3 is 4.74 Å². The number of methoxy groups -OCH3 is 1. The van der Waals surface area contributed by atoms with Crippen molar-refractivity contribution in [3.05, 3.63) is 34.2 Å². The first-order valence-electron chi connectivity index (χ1n) is 8.63. The van der Waals surface area contributed by atoms with Gasteiger partial charge in [-0.3, -0.25) is 14.2 Å². The van der Waals surface area contributed by atoms with Crippen molar-refractivity contribution in [2.75, 3.05) is 7.11 Å². The van der Waals surface area contributed by atoms with Gasteiger partial charge in [-0.25, -0.2) is 4.98 Å². The third-order valence-corrected chi connectivity index (χ3v) is 4.80. The minimum Gasteiger partial charge on any atom is -0.497 e. The Kier molecular flexibility index (Phi) is 5.07. The van der Waals surface area contributed by atoms with Gasteiger partial charge in [0.2, 0.25) is 0 Å². The first-order chi connectivity index (χ1) is 11.5. The molecule has 0 N–H and O–H groups in total. The van der Waals surface area contributed by atoms with Crippen molar-refractivity contribution in [2.45, 2.75) is 59.9 Å². The number of aromatic nitrogens is 2. The van der Waals surface area contributed by atoms with E-state index < -0.39 is 10.8 Å². The lowest BCUT2D eigenvalue weighted by atomic mass is 9.85. The van der Waals surface area contributed by atoms with Gasteiger partial charge in [0.15, 0.2) is 5.78 Å². The van der Waals surface area contributed by atoms with Crippen LogP contribution < -0.4 is 10.3 Å². The molecule has 5 nitrogen and oxygen atoms in total. The maximum absolute atomic E-state index is 13.1. The van der Waals surface area contributed by atoms with Crippen molar-refractivity contribution in [1.82, 2.24) is 9.55 Å². The lowest BCUT2D eigenvalue weighted by Gasteiger charge is -2.24. The summed E-state index contributed by atoms with van der Waals surface area (Å²) < 4.78 is 6.83. The van der Waals surface area contributed by atoms with Gasteiger partial charge in [0.1, 0.15) is 11.4 Å². The van der Waals surface area contributed by atoms with Crippen LogP contribution >= 0.6 is 0 Å². The molecule has 0 aliphatic rings. The first kappa shape index (κ1) is 19.2. The van der Waals surface area contributed by atoms with E-state index in [2.05, 4.69) is 4.98 Å². The van der Waals surface area contributed by atoms with Crippen LogP contribution in [0.1, 0.15) is 53.7 Å². The average Bonchev–Trinajstić information content (AvgIpc) is 2.55. The van der Waals surface area contributed by atoms with E-state index in [4.69, 9.17) is 4.74 Å². The first-order valence-corrected chi connectivity index (χ1v) is 8.63. The molecule has 0 aliphatic heterocycles. The molecule has 0 aliphatic carbocycles. The number of hydrogen-bond acceptors (Lipinski definition) is 4. The van der Waals surface area contributed by atoms with Crippen LogP contribution in [-0.2, 0) is 16.8 Å². The summed E-state index contributed by atoms with van der Waals surface area (Å²) in [7, 11) is 1.58. The van der Waals surface area contributed by atoms with E-state index in [0.29, 0.717) is 22.5 Å². The summed E-state index contributed by atoms with van der Waals surface area (Å²) in [5.74, 6) is 0.667. The zero-order valence-electron chi connectivity index (χ0n) is 16.3. The second kappa shape index (κ2) is 6.62. The Labute approximate surface area is 149 Å². The van der Waals surface area contributed by atoms with Crippen molar-refractivity contribution in [3.8, 4) is 5.75 Å². The van der Waals surface area contributed by atoms with Gasteiger partial charge in [0.05, 0.1) is 24.7 Å². The van der Waals surface area contributed by atoms with Crippen molar-refractivity contribution in [3.63, 3.8) is 0 Å². The van der Waals surface area contributed by atoms with E-state index >= 15 is 0 Å². The minimum atomic E-state index is -0.476. The smallest absolute Gasteiger partial charge is 0.273 e. The summed E-state index contributed by atoms with van der Waals surface area (Å²) in [5, 5.41) is 0. The summed E-state index contributed by atoms with van der Waals surface area (Å²) in [6.45, 7) is 11.7. The molecule has 0 unspecified atom stereocenters. The predicted molar refractivity (Wildman–Crippen MR) is 100 cm³/mol. The van der Waals surface area contributed by atoms with Crippen LogP contribution in [-0.4, -0.2) is 22.4 Å². The highest BCUT2D eigenvalue weighted by molar-refractivity contribution is 5.86.